The van der Waals surface area contributed by atoms with Gasteiger partial charge in [0.05, 0.1) is 5.39 Å². The summed E-state index contributed by atoms with van der Waals surface area (Å²) in [5.74, 6) is 0.594. The number of anilines is 1. The van der Waals surface area contributed by atoms with Crippen LogP contribution in [0, 0.1) is 0 Å². The molecule has 5 nitrogen and oxygen atoms in total. The normalized spacial score (nSPS) is 14.1. The Morgan fingerprint density at radius 2 is 2.24 bits per heavy atom. The highest BCUT2D eigenvalue weighted by atomic mass is 32.1. The Morgan fingerprint density at radius 3 is 3.00 bits per heavy atom. The molecule has 112 valence electrons. The van der Waals surface area contributed by atoms with Gasteiger partial charge in [-0.2, -0.15) is 0 Å². The molecular formula is C15H20N4OS. The second-order valence-corrected chi connectivity index (χ2v) is 6.33. The van der Waals surface area contributed by atoms with Gasteiger partial charge in [0.2, 0.25) is 5.95 Å². The van der Waals surface area contributed by atoms with Crippen LogP contribution in [-0.4, -0.2) is 22.6 Å². The zero-order chi connectivity index (χ0) is 14.8. The van der Waals surface area contributed by atoms with Crippen molar-refractivity contribution in [2.75, 3.05) is 18.4 Å². The highest BCUT2D eigenvalue weighted by Crippen LogP contribution is 2.34. The van der Waals surface area contributed by atoms with Crippen LogP contribution in [0.1, 0.15) is 23.3 Å². The third-order valence-corrected chi connectivity index (χ3v) is 5.00. The summed E-state index contributed by atoms with van der Waals surface area (Å²) >= 11 is 1.67. The Morgan fingerprint density at radius 1 is 1.43 bits per heavy atom. The fourth-order valence-electron chi connectivity index (χ4n) is 2.86. The van der Waals surface area contributed by atoms with Crippen molar-refractivity contribution in [1.82, 2.24) is 9.55 Å². The van der Waals surface area contributed by atoms with Crippen molar-refractivity contribution in [2.24, 2.45) is 5.73 Å². The molecule has 0 spiro atoms. The van der Waals surface area contributed by atoms with Crippen LogP contribution in [0.4, 0.5) is 5.95 Å². The van der Waals surface area contributed by atoms with Crippen LogP contribution in [0.5, 0.6) is 0 Å². The zero-order valence-corrected chi connectivity index (χ0v) is 12.8. The van der Waals surface area contributed by atoms with E-state index in [-0.39, 0.29) is 5.56 Å². The molecule has 0 saturated carbocycles. The second kappa shape index (κ2) is 5.99. The number of allylic oxidation sites excluding steroid dienone is 1. The summed E-state index contributed by atoms with van der Waals surface area (Å²) in [6.45, 7) is 5.29. The van der Waals surface area contributed by atoms with Gasteiger partial charge in [0.1, 0.15) is 4.83 Å². The number of nitrogens with zero attached hydrogens (tertiary/aromatic N) is 2. The van der Waals surface area contributed by atoms with E-state index in [1.165, 1.54) is 16.9 Å². The topological polar surface area (TPSA) is 72.9 Å². The first-order chi connectivity index (χ1) is 10.3. The molecule has 6 heteroatoms. The first-order valence-corrected chi connectivity index (χ1v) is 8.17. The number of aromatic nitrogens is 2. The van der Waals surface area contributed by atoms with Crippen molar-refractivity contribution >= 4 is 27.5 Å². The lowest BCUT2D eigenvalue weighted by molar-refractivity contribution is 0.698. The van der Waals surface area contributed by atoms with Crippen LogP contribution < -0.4 is 16.6 Å². The Bertz CT molecular complexity index is 731. The van der Waals surface area contributed by atoms with Crippen LogP contribution in [0.15, 0.2) is 17.4 Å². The summed E-state index contributed by atoms with van der Waals surface area (Å²) in [4.78, 5) is 19.7. The summed E-state index contributed by atoms with van der Waals surface area (Å²) in [7, 11) is 0. The zero-order valence-electron chi connectivity index (χ0n) is 12.0. The number of rotatable bonds is 5. The molecule has 0 radical (unpaired) electrons. The molecule has 0 fully saturated rings. The monoisotopic (exact) mass is 304 g/mol. The molecule has 2 aromatic rings. The number of thiophene rings is 1. The van der Waals surface area contributed by atoms with Gasteiger partial charge in [0.25, 0.3) is 5.56 Å². The van der Waals surface area contributed by atoms with Crippen molar-refractivity contribution in [1.29, 1.82) is 0 Å². The molecule has 1 aliphatic rings. The lowest BCUT2D eigenvalue weighted by Gasteiger charge is -2.13. The van der Waals surface area contributed by atoms with Crippen LogP contribution in [0.2, 0.25) is 0 Å². The Hall–Kier alpha value is -1.66. The maximum atomic E-state index is 12.8. The molecule has 0 amide bonds. The summed E-state index contributed by atoms with van der Waals surface area (Å²) in [6.07, 6.45) is 6.16. The molecule has 0 aromatic carbocycles. The quantitative estimate of drug-likeness (QED) is 0.827. The van der Waals surface area contributed by atoms with E-state index < -0.39 is 0 Å². The maximum Gasteiger partial charge on any atom is 0.264 e. The first kappa shape index (κ1) is 14.3. The third kappa shape index (κ3) is 2.49. The molecule has 2 aromatic heterocycles. The third-order valence-electron chi connectivity index (χ3n) is 3.81. The molecule has 3 rings (SSSR count). The molecule has 0 bridgehead atoms. The van der Waals surface area contributed by atoms with E-state index in [9.17, 15) is 4.79 Å². The summed E-state index contributed by atoms with van der Waals surface area (Å²) in [5.41, 5.74) is 6.80. The molecule has 0 atom stereocenters. The maximum absolute atomic E-state index is 12.8. The Kier molecular flexibility index (Phi) is 4.07. The van der Waals surface area contributed by atoms with Gasteiger partial charge in [0, 0.05) is 24.5 Å². The molecule has 3 N–H and O–H groups in total. The number of fused-ring (bicyclic) bond motifs is 3. The molecular weight excluding hydrogens is 284 g/mol. The fraction of sp³-hybridized carbons (Fsp3) is 0.467. The van der Waals surface area contributed by atoms with Gasteiger partial charge in [-0.05, 0) is 31.2 Å². The van der Waals surface area contributed by atoms with Crippen molar-refractivity contribution < 1.29 is 0 Å². The first-order valence-electron chi connectivity index (χ1n) is 7.36. The number of nitrogens with two attached hydrogens (primary N) is 1. The summed E-state index contributed by atoms with van der Waals surface area (Å²) in [6, 6.07) is 0. The van der Waals surface area contributed by atoms with E-state index in [2.05, 4.69) is 16.9 Å². The van der Waals surface area contributed by atoms with E-state index >= 15 is 0 Å². The van der Waals surface area contributed by atoms with E-state index in [1.807, 2.05) is 0 Å². The highest BCUT2D eigenvalue weighted by Gasteiger charge is 2.21. The minimum Gasteiger partial charge on any atom is -0.354 e. The molecule has 0 saturated heterocycles. The van der Waals surface area contributed by atoms with Gasteiger partial charge in [-0.1, -0.05) is 6.08 Å². The van der Waals surface area contributed by atoms with Crippen molar-refractivity contribution in [2.45, 2.75) is 32.2 Å². The minimum absolute atomic E-state index is 0.0406. The number of hydrogen-bond acceptors (Lipinski definition) is 5. The van der Waals surface area contributed by atoms with Crippen LogP contribution in [-0.2, 0) is 19.4 Å². The van der Waals surface area contributed by atoms with E-state index in [0.717, 1.165) is 29.5 Å². The Labute approximate surface area is 127 Å². The average Bonchev–Trinajstić information content (AvgIpc) is 2.86. The number of nitrogens with one attached hydrogen (secondary N) is 1. The standard InChI is InChI=1S/C15H20N4OS/c1-2-9-19-14(20)12-10-5-3-4-6-11(10)21-13(12)18-15(19)17-8-7-16/h2H,1,3-9,16H2,(H,17,18). The smallest absolute Gasteiger partial charge is 0.264 e. The van der Waals surface area contributed by atoms with E-state index in [0.29, 0.717) is 25.6 Å². The van der Waals surface area contributed by atoms with E-state index in [4.69, 9.17) is 5.73 Å². The number of hydrogen-bond donors (Lipinski definition) is 2. The predicted octanol–water partition coefficient (Wildman–Crippen LogP) is 1.89. The number of aryl methyl sites for hydroxylation is 2. The highest BCUT2D eigenvalue weighted by molar-refractivity contribution is 7.18. The van der Waals surface area contributed by atoms with Crippen molar-refractivity contribution in [3.8, 4) is 0 Å². The lowest BCUT2D eigenvalue weighted by atomic mass is 9.97. The van der Waals surface area contributed by atoms with Gasteiger partial charge >= 0.3 is 0 Å². The van der Waals surface area contributed by atoms with Crippen LogP contribution >= 0.6 is 11.3 Å². The molecule has 2 heterocycles. The molecule has 0 unspecified atom stereocenters. The van der Waals surface area contributed by atoms with Crippen molar-refractivity contribution in [3.05, 3.63) is 33.4 Å². The minimum atomic E-state index is 0.0406. The van der Waals surface area contributed by atoms with Gasteiger partial charge in [-0.15, -0.1) is 17.9 Å². The van der Waals surface area contributed by atoms with E-state index in [1.54, 1.807) is 22.0 Å². The van der Waals surface area contributed by atoms with Gasteiger partial charge in [-0.3, -0.25) is 9.36 Å². The van der Waals surface area contributed by atoms with Crippen molar-refractivity contribution in [3.63, 3.8) is 0 Å². The van der Waals surface area contributed by atoms with Gasteiger partial charge < -0.3 is 11.1 Å². The largest absolute Gasteiger partial charge is 0.354 e. The predicted molar refractivity (Wildman–Crippen MR) is 88.3 cm³/mol. The van der Waals surface area contributed by atoms with Crippen LogP contribution in [0.3, 0.4) is 0 Å². The average molecular weight is 304 g/mol. The van der Waals surface area contributed by atoms with Gasteiger partial charge in [-0.25, -0.2) is 4.98 Å². The Balaban J connectivity index is 2.21. The van der Waals surface area contributed by atoms with Crippen LogP contribution in [0.25, 0.3) is 10.2 Å². The second-order valence-electron chi connectivity index (χ2n) is 5.25. The fourth-order valence-corrected chi connectivity index (χ4v) is 4.11. The SMILES string of the molecule is C=CCn1c(NCCN)nc2sc3c(c2c1=O)CCCC3. The molecule has 0 aliphatic heterocycles. The molecule has 1 aliphatic carbocycles. The van der Waals surface area contributed by atoms with Gasteiger partial charge in [0.15, 0.2) is 0 Å². The summed E-state index contributed by atoms with van der Waals surface area (Å²) < 4.78 is 1.66. The lowest BCUT2D eigenvalue weighted by Crippen LogP contribution is -2.26. The summed E-state index contributed by atoms with van der Waals surface area (Å²) in [5, 5.41) is 3.96. The molecule has 21 heavy (non-hydrogen) atoms.